The molecule has 1 saturated heterocycles. The number of hydrogen-bond acceptors (Lipinski definition) is 2. The molecular formula is C27H38O2. The lowest BCUT2D eigenvalue weighted by Crippen LogP contribution is -2.31. The quantitative estimate of drug-likeness (QED) is 0.367. The lowest BCUT2D eigenvalue weighted by Gasteiger charge is -2.30. The van der Waals surface area contributed by atoms with E-state index in [-0.39, 0.29) is 12.2 Å². The van der Waals surface area contributed by atoms with E-state index in [4.69, 9.17) is 9.47 Å². The largest absolute Gasteiger partial charge is 0.373 e. The van der Waals surface area contributed by atoms with Crippen LogP contribution >= 0.6 is 0 Å². The minimum Gasteiger partial charge on any atom is -0.373 e. The van der Waals surface area contributed by atoms with Crippen molar-refractivity contribution >= 4 is 0 Å². The molecule has 0 saturated carbocycles. The molecule has 1 aliphatic rings. The number of ether oxygens (including phenoxy) is 2. The number of benzene rings is 2. The average Bonchev–Trinajstić information content (AvgIpc) is 2.78. The maximum absolute atomic E-state index is 6.13. The van der Waals surface area contributed by atoms with E-state index in [0.717, 1.165) is 13.0 Å². The van der Waals surface area contributed by atoms with Gasteiger partial charge < -0.3 is 9.47 Å². The summed E-state index contributed by atoms with van der Waals surface area (Å²) in [6.07, 6.45) is 11.7. The molecule has 0 N–H and O–H groups in total. The predicted molar refractivity (Wildman–Crippen MR) is 122 cm³/mol. The fourth-order valence-corrected chi connectivity index (χ4v) is 4.01. The van der Waals surface area contributed by atoms with Gasteiger partial charge in [0, 0.05) is 0 Å². The number of hydrogen-bond donors (Lipinski definition) is 0. The van der Waals surface area contributed by atoms with Crippen molar-refractivity contribution in [2.75, 3.05) is 13.2 Å². The molecule has 0 spiro atoms. The molecule has 2 aromatic rings. The monoisotopic (exact) mass is 394 g/mol. The molecular weight excluding hydrogens is 356 g/mol. The highest BCUT2D eigenvalue weighted by Crippen LogP contribution is 2.27. The summed E-state index contributed by atoms with van der Waals surface area (Å²) in [6.45, 7) is 5.89. The zero-order valence-electron chi connectivity index (χ0n) is 18.4. The van der Waals surface area contributed by atoms with Crippen LogP contribution < -0.4 is 0 Å². The van der Waals surface area contributed by atoms with Crippen molar-refractivity contribution in [3.8, 4) is 11.1 Å². The summed E-state index contributed by atoms with van der Waals surface area (Å²) in [7, 11) is 0. The summed E-state index contributed by atoms with van der Waals surface area (Å²) in [4.78, 5) is 0. The first kappa shape index (κ1) is 22.1. The van der Waals surface area contributed by atoms with Crippen LogP contribution in [-0.2, 0) is 15.9 Å². The molecule has 0 bridgehead atoms. The van der Waals surface area contributed by atoms with Gasteiger partial charge in [-0.15, -0.1) is 0 Å². The molecule has 2 aromatic carbocycles. The highest BCUT2D eigenvalue weighted by atomic mass is 16.6. The molecule has 1 fully saturated rings. The number of unbranched alkanes of at least 4 members (excludes halogenated alkanes) is 5. The molecule has 1 heterocycles. The molecule has 29 heavy (non-hydrogen) atoms. The lowest BCUT2D eigenvalue weighted by molar-refractivity contribution is -0.137. The SMILES string of the molecule is CCCCCCC[C@H]1CO[C@H](c2ccc(-c3ccc(CCCC)cc3)cc2)CO1. The minimum atomic E-state index is 0.0665. The van der Waals surface area contributed by atoms with Gasteiger partial charge in [0.25, 0.3) is 0 Å². The van der Waals surface area contributed by atoms with E-state index in [0.29, 0.717) is 6.61 Å². The highest BCUT2D eigenvalue weighted by molar-refractivity contribution is 5.64. The van der Waals surface area contributed by atoms with Gasteiger partial charge in [-0.25, -0.2) is 0 Å². The standard InChI is InChI=1S/C27H38O2/c1-3-5-7-8-9-11-26-20-29-27(21-28-26)25-18-16-24(17-19-25)23-14-12-22(13-15-23)10-6-4-2/h12-19,26-27H,3-11,20-21H2,1-2H3/t26-,27-/m0/s1. The van der Waals surface area contributed by atoms with Gasteiger partial charge in [-0.05, 0) is 41.5 Å². The van der Waals surface area contributed by atoms with Gasteiger partial charge >= 0.3 is 0 Å². The Kier molecular flexibility index (Phi) is 9.24. The van der Waals surface area contributed by atoms with Crippen LogP contribution in [0.2, 0.25) is 0 Å². The second-order valence-corrected chi connectivity index (χ2v) is 8.40. The third kappa shape index (κ3) is 6.97. The van der Waals surface area contributed by atoms with Crippen LogP contribution in [0.4, 0.5) is 0 Å². The summed E-state index contributed by atoms with van der Waals surface area (Å²) in [5, 5.41) is 0. The second kappa shape index (κ2) is 12.1. The summed E-state index contributed by atoms with van der Waals surface area (Å²) in [5.74, 6) is 0. The van der Waals surface area contributed by atoms with Crippen molar-refractivity contribution < 1.29 is 9.47 Å². The second-order valence-electron chi connectivity index (χ2n) is 8.40. The zero-order valence-corrected chi connectivity index (χ0v) is 18.4. The minimum absolute atomic E-state index is 0.0665. The van der Waals surface area contributed by atoms with Crippen molar-refractivity contribution in [1.29, 1.82) is 0 Å². The fourth-order valence-electron chi connectivity index (χ4n) is 4.01. The molecule has 158 valence electrons. The van der Waals surface area contributed by atoms with E-state index < -0.39 is 0 Å². The maximum Gasteiger partial charge on any atom is 0.106 e. The van der Waals surface area contributed by atoms with Crippen LogP contribution in [0.1, 0.15) is 82.4 Å². The van der Waals surface area contributed by atoms with E-state index in [1.54, 1.807) is 0 Å². The van der Waals surface area contributed by atoms with Gasteiger partial charge in [-0.3, -0.25) is 0 Å². The molecule has 2 atom stereocenters. The third-order valence-electron chi connectivity index (χ3n) is 5.98. The van der Waals surface area contributed by atoms with E-state index in [2.05, 4.69) is 62.4 Å². The van der Waals surface area contributed by atoms with Crippen LogP contribution in [0.25, 0.3) is 11.1 Å². The molecule has 1 aliphatic heterocycles. The Labute approximate surface area is 177 Å². The van der Waals surface area contributed by atoms with E-state index in [9.17, 15) is 0 Å². The van der Waals surface area contributed by atoms with Crippen LogP contribution in [0.15, 0.2) is 48.5 Å². The number of rotatable bonds is 11. The van der Waals surface area contributed by atoms with Gasteiger partial charge in [0.2, 0.25) is 0 Å². The van der Waals surface area contributed by atoms with Crippen molar-refractivity contribution in [2.24, 2.45) is 0 Å². The predicted octanol–water partition coefficient (Wildman–Crippen LogP) is 7.51. The van der Waals surface area contributed by atoms with Crippen LogP contribution in [0, 0.1) is 0 Å². The van der Waals surface area contributed by atoms with Gasteiger partial charge in [0.05, 0.1) is 19.3 Å². The summed E-state index contributed by atoms with van der Waals surface area (Å²) in [5.41, 5.74) is 5.19. The Morgan fingerprint density at radius 1 is 0.690 bits per heavy atom. The number of aryl methyl sites for hydroxylation is 1. The van der Waals surface area contributed by atoms with Crippen molar-refractivity contribution in [3.63, 3.8) is 0 Å². The Morgan fingerprint density at radius 2 is 1.34 bits per heavy atom. The molecule has 2 nitrogen and oxygen atoms in total. The first-order valence-corrected chi connectivity index (χ1v) is 11.7. The van der Waals surface area contributed by atoms with E-state index >= 15 is 0 Å². The normalized spacial score (nSPS) is 19.4. The van der Waals surface area contributed by atoms with E-state index in [1.807, 2.05) is 0 Å². The third-order valence-corrected chi connectivity index (χ3v) is 5.98. The maximum atomic E-state index is 6.13. The fraction of sp³-hybridized carbons (Fsp3) is 0.556. The van der Waals surface area contributed by atoms with Crippen molar-refractivity contribution in [1.82, 2.24) is 0 Å². The van der Waals surface area contributed by atoms with Gasteiger partial charge in [0.1, 0.15) is 6.10 Å². The van der Waals surface area contributed by atoms with Crippen LogP contribution in [-0.4, -0.2) is 19.3 Å². The molecule has 0 unspecified atom stereocenters. The summed E-state index contributed by atoms with van der Waals surface area (Å²) < 4.78 is 12.2. The molecule has 3 rings (SSSR count). The van der Waals surface area contributed by atoms with Gasteiger partial charge in [0.15, 0.2) is 0 Å². The lowest BCUT2D eigenvalue weighted by atomic mass is 9.99. The van der Waals surface area contributed by atoms with Gasteiger partial charge in [-0.1, -0.05) is 101 Å². The topological polar surface area (TPSA) is 18.5 Å². The Hall–Kier alpha value is -1.64. The molecule has 0 aliphatic carbocycles. The van der Waals surface area contributed by atoms with Gasteiger partial charge in [-0.2, -0.15) is 0 Å². The molecule has 0 amide bonds. The molecule has 2 heteroatoms. The first-order valence-electron chi connectivity index (χ1n) is 11.7. The summed E-state index contributed by atoms with van der Waals surface area (Å²) >= 11 is 0. The summed E-state index contributed by atoms with van der Waals surface area (Å²) in [6, 6.07) is 17.8. The van der Waals surface area contributed by atoms with Crippen LogP contribution in [0.3, 0.4) is 0 Å². The van der Waals surface area contributed by atoms with Crippen LogP contribution in [0.5, 0.6) is 0 Å². The highest BCUT2D eigenvalue weighted by Gasteiger charge is 2.23. The molecule has 0 aromatic heterocycles. The smallest absolute Gasteiger partial charge is 0.106 e. The Bertz CT molecular complexity index is 681. The zero-order chi connectivity index (χ0) is 20.3. The van der Waals surface area contributed by atoms with Crippen molar-refractivity contribution in [2.45, 2.75) is 83.8 Å². The molecule has 0 radical (unpaired) electrons. The van der Waals surface area contributed by atoms with E-state index in [1.165, 1.54) is 73.6 Å². The average molecular weight is 395 g/mol. The Morgan fingerprint density at radius 3 is 1.97 bits per heavy atom. The van der Waals surface area contributed by atoms with Crippen molar-refractivity contribution in [3.05, 3.63) is 59.7 Å². The first-order chi connectivity index (χ1) is 14.3. The Balaban J connectivity index is 1.46.